The van der Waals surface area contributed by atoms with Crippen LogP contribution in [-0.4, -0.2) is 40.7 Å². The number of rotatable bonds is 5. The highest BCUT2D eigenvalue weighted by atomic mass is 16.3. The number of H-pyrrole nitrogens is 1. The number of carbonyl (C=O) groups excluding carboxylic acids is 1. The Morgan fingerprint density at radius 3 is 2.79 bits per heavy atom. The van der Waals surface area contributed by atoms with Gasteiger partial charge >= 0.3 is 0 Å². The SMILES string of the molecule is CCc1ncc(C(=O)Nc2ccccc2N2CCC(CO)CC2)[nH]1. The molecule has 6 nitrogen and oxygen atoms in total. The zero-order valence-electron chi connectivity index (χ0n) is 14.0. The molecule has 0 spiro atoms. The van der Waals surface area contributed by atoms with E-state index in [2.05, 4.69) is 20.2 Å². The minimum Gasteiger partial charge on any atom is -0.396 e. The standard InChI is InChI=1S/C18H24N4O2/c1-2-17-19-11-15(20-17)18(24)21-14-5-3-4-6-16(14)22-9-7-13(12-23)8-10-22/h3-6,11,13,23H,2,7-10,12H2,1H3,(H,19,20)(H,21,24). The lowest BCUT2D eigenvalue weighted by molar-refractivity contribution is 0.102. The molecule has 0 saturated carbocycles. The number of imidazole rings is 1. The first-order chi connectivity index (χ1) is 11.7. The third-order valence-corrected chi connectivity index (χ3v) is 4.57. The van der Waals surface area contributed by atoms with Crippen molar-refractivity contribution in [3.05, 3.63) is 42.0 Å². The predicted molar refractivity (Wildman–Crippen MR) is 94.4 cm³/mol. The Kier molecular flexibility index (Phi) is 5.15. The van der Waals surface area contributed by atoms with Crippen molar-refractivity contribution in [1.29, 1.82) is 0 Å². The lowest BCUT2D eigenvalue weighted by atomic mass is 9.97. The summed E-state index contributed by atoms with van der Waals surface area (Å²) in [5.74, 6) is 1.01. The van der Waals surface area contributed by atoms with Gasteiger partial charge in [0.15, 0.2) is 0 Å². The van der Waals surface area contributed by atoms with Gasteiger partial charge in [0, 0.05) is 26.1 Å². The highest BCUT2D eigenvalue weighted by Gasteiger charge is 2.21. The molecule has 0 radical (unpaired) electrons. The fourth-order valence-corrected chi connectivity index (χ4v) is 3.06. The smallest absolute Gasteiger partial charge is 0.273 e. The lowest BCUT2D eigenvalue weighted by Gasteiger charge is -2.34. The van der Waals surface area contributed by atoms with Crippen LogP contribution in [0.15, 0.2) is 30.5 Å². The number of aliphatic hydroxyl groups excluding tert-OH is 1. The molecule has 1 aliphatic heterocycles. The van der Waals surface area contributed by atoms with Crippen LogP contribution in [0.3, 0.4) is 0 Å². The number of nitrogens with one attached hydrogen (secondary N) is 2. The number of aromatic amines is 1. The maximum Gasteiger partial charge on any atom is 0.273 e. The van der Waals surface area contributed by atoms with E-state index in [1.807, 2.05) is 31.2 Å². The molecule has 0 unspecified atom stereocenters. The molecular weight excluding hydrogens is 304 g/mol. The largest absolute Gasteiger partial charge is 0.396 e. The number of nitrogens with zero attached hydrogens (tertiary/aromatic N) is 2. The second-order valence-corrected chi connectivity index (χ2v) is 6.18. The zero-order valence-corrected chi connectivity index (χ0v) is 14.0. The van der Waals surface area contributed by atoms with Crippen LogP contribution < -0.4 is 10.2 Å². The Labute approximate surface area is 141 Å². The molecule has 0 bridgehead atoms. The van der Waals surface area contributed by atoms with E-state index in [0.717, 1.165) is 49.6 Å². The molecule has 0 atom stereocenters. The average Bonchev–Trinajstić information content (AvgIpc) is 3.12. The number of anilines is 2. The summed E-state index contributed by atoms with van der Waals surface area (Å²) in [5.41, 5.74) is 2.30. The second kappa shape index (κ2) is 7.49. The molecule has 0 aliphatic carbocycles. The Balaban J connectivity index is 1.73. The van der Waals surface area contributed by atoms with E-state index in [1.54, 1.807) is 6.20 Å². The van der Waals surface area contributed by atoms with E-state index >= 15 is 0 Å². The van der Waals surface area contributed by atoms with Crippen LogP contribution >= 0.6 is 0 Å². The number of piperidine rings is 1. The van der Waals surface area contributed by atoms with Crippen LogP contribution in [0, 0.1) is 5.92 Å². The topological polar surface area (TPSA) is 81.2 Å². The third-order valence-electron chi connectivity index (χ3n) is 4.57. The number of aryl methyl sites for hydroxylation is 1. The fourth-order valence-electron chi connectivity index (χ4n) is 3.06. The van der Waals surface area contributed by atoms with Crippen molar-refractivity contribution in [3.8, 4) is 0 Å². The molecule has 1 saturated heterocycles. The van der Waals surface area contributed by atoms with E-state index in [0.29, 0.717) is 11.6 Å². The van der Waals surface area contributed by atoms with E-state index < -0.39 is 0 Å². The van der Waals surface area contributed by atoms with Gasteiger partial charge in [0.2, 0.25) is 0 Å². The molecule has 1 aromatic heterocycles. The van der Waals surface area contributed by atoms with Crippen LogP contribution in [0.2, 0.25) is 0 Å². The van der Waals surface area contributed by atoms with Gasteiger partial charge in [-0.05, 0) is 30.9 Å². The molecule has 6 heteroatoms. The first-order valence-corrected chi connectivity index (χ1v) is 8.51. The van der Waals surface area contributed by atoms with Gasteiger partial charge in [0.05, 0.1) is 17.6 Å². The molecule has 1 fully saturated rings. The van der Waals surface area contributed by atoms with Crippen molar-refractivity contribution in [1.82, 2.24) is 9.97 Å². The number of benzene rings is 1. The van der Waals surface area contributed by atoms with Crippen LogP contribution in [-0.2, 0) is 6.42 Å². The predicted octanol–water partition coefficient (Wildman–Crippen LogP) is 2.43. The highest BCUT2D eigenvalue weighted by molar-refractivity contribution is 6.04. The first-order valence-electron chi connectivity index (χ1n) is 8.51. The van der Waals surface area contributed by atoms with Gasteiger partial charge in [-0.25, -0.2) is 4.98 Å². The molecule has 3 N–H and O–H groups in total. The van der Waals surface area contributed by atoms with Crippen LogP contribution in [0.4, 0.5) is 11.4 Å². The minimum absolute atomic E-state index is 0.181. The summed E-state index contributed by atoms with van der Waals surface area (Å²) in [6.07, 6.45) is 4.28. The Morgan fingerprint density at radius 2 is 2.12 bits per heavy atom. The molecule has 128 valence electrons. The van der Waals surface area contributed by atoms with E-state index in [9.17, 15) is 9.90 Å². The summed E-state index contributed by atoms with van der Waals surface area (Å²) in [7, 11) is 0. The number of hydrogen-bond donors (Lipinski definition) is 3. The van der Waals surface area contributed by atoms with Gasteiger partial charge in [-0.2, -0.15) is 0 Å². The van der Waals surface area contributed by atoms with Crippen molar-refractivity contribution in [2.75, 3.05) is 29.9 Å². The van der Waals surface area contributed by atoms with Gasteiger partial charge < -0.3 is 20.3 Å². The fraction of sp³-hybridized carbons (Fsp3) is 0.444. The van der Waals surface area contributed by atoms with Gasteiger partial charge in [0.25, 0.3) is 5.91 Å². The molecule has 24 heavy (non-hydrogen) atoms. The van der Waals surface area contributed by atoms with Gasteiger partial charge in [-0.1, -0.05) is 19.1 Å². The van der Waals surface area contributed by atoms with Crippen molar-refractivity contribution >= 4 is 17.3 Å². The van der Waals surface area contributed by atoms with E-state index in [4.69, 9.17) is 0 Å². The lowest BCUT2D eigenvalue weighted by Crippen LogP contribution is -2.35. The average molecular weight is 328 g/mol. The quantitative estimate of drug-likeness (QED) is 0.787. The summed E-state index contributed by atoms with van der Waals surface area (Å²) < 4.78 is 0. The van der Waals surface area contributed by atoms with Crippen LogP contribution in [0.5, 0.6) is 0 Å². The number of aliphatic hydroxyl groups is 1. The summed E-state index contributed by atoms with van der Waals surface area (Å²) in [4.78, 5) is 21.9. The number of para-hydroxylation sites is 2. The summed E-state index contributed by atoms with van der Waals surface area (Å²) in [6, 6.07) is 7.85. The van der Waals surface area contributed by atoms with Gasteiger partial charge in [0.1, 0.15) is 11.5 Å². The highest BCUT2D eigenvalue weighted by Crippen LogP contribution is 2.29. The number of hydrogen-bond acceptors (Lipinski definition) is 4. The number of amides is 1. The summed E-state index contributed by atoms with van der Waals surface area (Å²) >= 11 is 0. The second-order valence-electron chi connectivity index (χ2n) is 6.18. The maximum absolute atomic E-state index is 12.4. The third kappa shape index (κ3) is 3.59. The van der Waals surface area contributed by atoms with E-state index in [-0.39, 0.29) is 12.5 Å². The molecular formula is C18H24N4O2. The van der Waals surface area contributed by atoms with Gasteiger partial charge in [-0.15, -0.1) is 0 Å². The zero-order chi connectivity index (χ0) is 16.9. The molecule has 1 aromatic carbocycles. The van der Waals surface area contributed by atoms with Crippen molar-refractivity contribution < 1.29 is 9.90 Å². The van der Waals surface area contributed by atoms with Crippen molar-refractivity contribution in [3.63, 3.8) is 0 Å². The first kappa shape index (κ1) is 16.5. The van der Waals surface area contributed by atoms with Crippen molar-refractivity contribution in [2.24, 2.45) is 5.92 Å². The van der Waals surface area contributed by atoms with Gasteiger partial charge in [-0.3, -0.25) is 4.79 Å². The molecule has 2 heterocycles. The van der Waals surface area contributed by atoms with E-state index in [1.165, 1.54) is 0 Å². The number of carbonyl (C=O) groups is 1. The molecule has 1 aliphatic rings. The molecule has 1 amide bonds. The maximum atomic E-state index is 12.4. The molecule has 3 rings (SSSR count). The number of aromatic nitrogens is 2. The Hall–Kier alpha value is -2.34. The summed E-state index contributed by atoms with van der Waals surface area (Å²) in [5, 5.41) is 12.3. The Morgan fingerprint density at radius 1 is 1.38 bits per heavy atom. The monoisotopic (exact) mass is 328 g/mol. The normalized spacial score (nSPS) is 15.5. The van der Waals surface area contributed by atoms with Crippen molar-refractivity contribution in [2.45, 2.75) is 26.2 Å². The van der Waals surface area contributed by atoms with Crippen LogP contribution in [0.1, 0.15) is 36.1 Å². The summed E-state index contributed by atoms with van der Waals surface area (Å²) in [6.45, 7) is 4.03. The molecule has 2 aromatic rings. The Bertz CT molecular complexity index is 690. The minimum atomic E-state index is -0.181. The van der Waals surface area contributed by atoms with Crippen LogP contribution in [0.25, 0.3) is 0 Å².